The number of fused-ring (bicyclic) bond motifs is 1. The Morgan fingerprint density at radius 1 is 1.70 bits per heavy atom. The maximum absolute atomic E-state index is 10.2. The molecule has 0 amide bonds. The second-order valence-corrected chi connectivity index (χ2v) is 3.16. The van der Waals surface area contributed by atoms with Gasteiger partial charge in [0, 0.05) is 23.3 Å². The average molecular weight is 154 g/mol. The third-order valence-corrected chi connectivity index (χ3v) is 2.49. The number of thioether (sulfide) groups is 1. The van der Waals surface area contributed by atoms with Crippen molar-refractivity contribution in [1.82, 2.24) is 9.78 Å². The van der Waals surface area contributed by atoms with E-state index < -0.39 is 0 Å². The Bertz CT molecular complexity index is 247. The van der Waals surface area contributed by atoms with Crippen LogP contribution in [0, 0.1) is 0 Å². The minimum absolute atomic E-state index is 0.725. The molecule has 3 nitrogen and oxygen atoms in total. The summed E-state index contributed by atoms with van der Waals surface area (Å²) in [5.74, 6) is 1.96. The molecule has 0 saturated heterocycles. The van der Waals surface area contributed by atoms with E-state index in [1.807, 2.05) is 11.8 Å². The van der Waals surface area contributed by atoms with Crippen LogP contribution in [0.1, 0.15) is 11.3 Å². The monoisotopic (exact) mass is 154 g/mol. The molecule has 0 aromatic carbocycles. The molecule has 10 heavy (non-hydrogen) atoms. The molecule has 2 rings (SSSR count). The van der Waals surface area contributed by atoms with Gasteiger partial charge in [0.1, 0.15) is 0 Å². The van der Waals surface area contributed by atoms with Crippen LogP contribution in [0.4, 0.5) is 0 Å². The first-order valence-electron chi connectivity index (χ1n) is 3.00. The number of hydrogen-bond acceptors (Lipinski definition) is 3. The lowest BCUT2D eigenvalue weighted by Crippen LogP contribution is -1.95. The zero-order valence-corrected chi connectivity index (χ0v) is 6.10. The molecule has 4 heteroatoms. The minimum Gasteiger partial charge on any atom is -0.276 e. The Morgan fingerprint density at radius 2 is 2.60 bits per heavy atom. The van der Waals surface area contributed by atoms with E-state index in [0.29, 0.717) is 0 Å². The molecular formula is C6H6N2OS. The van der Waals surface area contributed by atoms with Crippen LogP contribution in [-0.4, -0.2) is 16.2 Å². The molecule has 1 aromatic rings. The van der Waals surface area contributed by atoms with Gasteiger partial charge in [-0.3, -0.25) is 4.79 Å². The number of nitrogens with zero attached hydrogens (tertiary/aromatic N) is 2. The van der Waals surface area contributed by atoms with Crippen molar-refractivity contribution >= 4 is 18.2 Å². The fourth-order valence-corrected chi connectivity index (χ4v) is 2.02. The highest BCUT2D eigenvalue weighted by Gasteiger charge is 2.14. The zero-order chi connectivity index (χ0) is 6.97. The molecule has 0 aliphatic carbocycles. The summed E-state index contributed by atoms with van der Waals surface area (Å²) in [7, 11) is 0. The average Bonchev–Trinajstić information content (AvgIpc) is 2.42. The molecule has 52 valence electrons. The van der Waals surface area contributed by atoms with Crippen molar-refractivity contribution in [1.29, 1.82) is 0 Å². The first-order valence-corrected chi connectivity index (χ1v) is 4.15. The van der Waals surface area contributed by atoms with Crippen molar-refractivity contribution < 1.29 is 4.79 Å². The third-order valence-electron chi connectivity index (χ3n) is 1.50. The fourth-order valence-electron chi connectivity index (χ4n) is 1.02. The summed E-state index contributed by atoms with van der Waals surface area (Å²) in [6.07, 6.45) is 2.52. The third kappa shape index (κ3) is 0.759. The van der Waals surface area contributed by atoms with Crippen molar-refractivity contribution in [3.05, 3.63) is 17.5 Å². The Balaban J connectivity index is 2.46. The van der Waals surface area contributed by atoms with Crippen LogP contribution in [0.15, 0.2) is 6.20 Å². The normalized spacial score (nSPS) is 15.2. The van der Waals surface area contributed by atoms with Crippen LogP contribution in [0.2, 0.25) is 0 Å². The van der Waals surface area contributed by atoms with Gasteiger partial charge >= 0.3 is 0 Å². The van der Waals surface area contributed by atoms with E-state index in [4.69, 9.17) is 0 Å². The van der Waals surface area contributed by atoms with Crippen LogP contribution in [0.25, 0.3) is 0 Å². The lowest BCUT2D eigenvalue weighted by molar-refractivity contribution is 0.540. The predicted molar refractivity (Wildman–Crippen MR) is 39.4 cm³/mol. The summed E-state index contributed by atoms with van der Waals surface area (Å²) >= 11 is 1.84. The number of aromatic nitrogens is 2. The molecule has 1 aliphatic rings. The van der Waals surface area contributed by atoms with Crippen LogP contribution < -0.4 is 0 Å². The summed E-state index contributed by atoms with van der Waals surface area (Å²) < 4.78 is 1.34. The van der Waals surface area contributed by atoms with Gasteiger partial charge in [-0.25, -0.2) is 4.68 Å². The second kappa shape index (κ2) is 2.12. The summed E-state index contributed by atoms with van der Waals surface area (Å²) in [5.41, 5.74) is 2.27. The summed E-state index contributed by atoms with van der Waals surface area (Å²) in [6.45, 7) is 0. The van der Waals surface area contributed by atoms with E-state index in [0.717, 1.165) is 23.6 Å². The molecule has 0 N–H and O–H groups in total. The smallest absolute Gasteiger partial charge is 0.234 e. The van der Waals surface area contributed by atoms with Gasteiger partial charge in [-0.15, -0.1) is 0 Å². The Kier molecular flexibility index (Phi) is 1.27. The molecular weight excluding hydrogens is 148 g/mol. The van der Waals surface area contributed by atoms with Gasteiger partial charge in [-0.2, -0.15) is 16.9 Å². The minimum atomic E-state index is 0.725. The van der Waals surface area contributed by atoms with E-state index in [1.54, 1.807) is 6.20 Å². The fraction of sp³-hybridized carbons (Fsp3) is 0.333. The molecule has 2 heterocycles. The highest BCUT2D eigenvalue weighted by molar-refractivity contribution is 7.98. The number of carbonyl (C=O) groups is 1. The zero-order valence-electron chi connectivity index (χ0n) is 5.28. The van der Waals surface area contributed by atoms with E-state index in [2.05, 4.69) is 5.10 Å². The van der Waals surface area contributed by atoms with Crippen LogP contribution in [0.3, 0.4) is 0 Å². The maximum Gasteiger partial charge on any atom is 0.234 e. The predicted octanol–water partition coefficient (Wildman–Crippen LogP) is 0.668. The SMILES string of the molecule is O=Cn1cc2c(n1)CSC2. The van der Waals surface area contributed by atoms with Gasteiger partial charge in [0.15, 0.2) is 0 Å². The van der Waals surface area contributed by atoms with Crippen molar-refractivity contribution in [2.24, 2.45) is 0 Å². The summed E-state index contributed by atoms with van der Waals surface area (Å²) in [4.78, 5) is 10.2. The molecule has 0 bridgehead atoms. The van der Waals surface area contributed by atoms with E-state index >= 15 is 0 Å². The van der Waals surface area contributed by atoms with E-state index in [9.17, 15) is 4.79 Å². The molecule has 1 aliphatic heterocycles. The standard InChI is InChI=1S/C6H6N2OS/c9-4-8-1-5-2-10-3-6(5)7-8/h1,4H,2-3H2. The first-order chi connectivity index (χ1) is 4.90. The Morgan fingerprint density at radius 3 is 3.30 bits per heavy atom. The summed E-state index contributed by atoms with van der Waals surface area (Å²) in [5, 5.41) is 4.04. The molecule has 0 unspecified atom stereocenters. The largest absolute Gasteiger partial charge is 0.276 e. The molecule has 0 atom stereocenters. The molecule has 0 radical (unpaired) electrons. The topological polar surface area (TPSA) is 34.9 Å². The van der Waals surface area contributed by atoms with Crippen LogP contribution in [0.5, 0.6) is 0 Å². The van der Waals surface area contributed by atoms with Crippen molar-refractivity contribution in [3.63, 3.8) is 0 Å². The van der Waals surface area contributed by atoms with Gasteiger partial charge in [0.2, 0.25) is 6.41 Å². The molecule has 0 spiro atoms. The van der Waals surface area contributed by atoms with Crippen LogP contribution >= 0.6 is 11.8 Å². The van der Waals surface area contributed by atoms with Crippen molar-refractivity contribution in [2.45, 2.75) is 11.5 Å². The Hall–Kier alpha value is -0.770. The maximum atomic E-state index is 10.2. The van der Waals surface area contributed by atoms with Gasteiger partial charge < -0.3 is 0 Å². The van der Waals surface area contributed by atoms with Gasteiger partial charge in [0.25, 0.3) is 0 Å². The van der Waals surface area contributed by atoms with Crippen molar-refractivity contribution in [3.8, 4) is 0 Å². The van der Waals surface area contributed by atoms with E-state index in [-0.39, 0.29) is 0 Å². The van der Waals surface area contributed by atoms with Gasteiger partial charge in [-0.1, -0.05) is 0 Å². The first kappa shape index (κ1) is 5.97. The summed E-state index contributed by atoms with van der Waals surface area (Å²) in [6, 6.07) is 0. The lowest BCUT2D eigenvalue weighted by atomic mass is 10.3. The van der Waals surface area contributed by atoms with E-state index in [1.165, 1.54) is 10.2 Å². The van der Waals surface area contributed by atoms with Crippen molar-refractivity contribution in [2.75, 3.05) is 0 Å². The van der Waals surface area contributed by atoms with Crippen LogP contribution in [-0.2, 0) is 16.3 Å². The lowest BCUT2D eigenvalue weighted by Gasteiger charge is -1.85. The number of carbonyl (C=O) groups excluding carboxylic acids is 1. The number of hydrogen-bond donors (Lipinski definition) is 0. The quantitative estimate of drug-likeness (QED) is 0.557. The second-order valence-electron chi connectivity index (χ2n) is 2.18. The highest BCUT2D eigenvalue weighted by atomic mass is 32.2. The van der Waals surface area contributed by atoms with Gasteiger partial charge in [0.05, 0.1) is 5.69 Å². The molecule has 0 fully saturated rings. The van der Waals surface area contributed by atoms with Gasteiger partial charge in [-0.05, 0) is 0 Å². The molecule has 1 aromatic heterocycles. The number of rotatable bonds is 1. The highest BCUT2D eigenvalue weighted by Crippen LogP contribution is 2.27. The molecule has 0 saturated carbocycles. The Labute approximate surface area is 62.4 Å².